The maximum absolute atomic E-state index is 11.6. The van der Waals surface area contributed by atoms with Gasteiger partial charge in [-0.3, -0.25) is 4.79 Å². The van der Waals surface area contributed by atoms with Crippen molar-refractivity contribution >= 4 is 5.91 Å². The molecule has 1 amide bonds. The van der Waals surface area contributed by atoms with Gasteiger partial charge in [-0.15, -0.1) is 0 Å². The molecule has 0 bridgehead atoms. The number of hydrogen-bond acceptors (Lipinski definition) is 3. The monoisotopic (exact) mass is 213 g/mol. The molecule has 88 valence electrons. The summed E-state index contributed by atoms with van der Waals surface area (Å²) in [7, 11) is 0. The molecule has 4 heteroatoms. The predicted octanol–water partition coefficient (Wildman–Crippen LogP) is 0.213. The van der Waals surface area contributed by atoms with Gasteiger partial charge in [0, 0.05) is 12.6 Å². The van der Waals surface area contributed by atoms with E-state index in [2.05, 4.69) is 5.32 Å². The molecular weight excluding hydrogens is 190 g/mol. The van der Waals surface area contributed by atoms with Crippen LogP contribution in [-0.2, 0) is 4.79 Å². The molecule has 0 aromatic heterocycles. The number of amides is 1. The van der Waals surface area contributed by atoms with Crippen LogP contribution in [0, 0.1) is 11.8 Å². The number of nitrogens with two attached hydrogens (primary N) is 2. The Labute approximate surface area is 91.8 Å². The van der Waals surface area contributed by atoms with E-state index >= 15 is 0 Å². The Morgan fingerprint density at radius 2 is 2.07 bits per heavy atom. The van der Waals surface area contributed by atoms with Gasteiger partial charge in [-0.25, -0.2) is 0 Å². The normalized spacial score (nSPS) is 21.9. The molecule has 0 aromatic rings. The highest BCUT2D eigenvalue weighted by molar-refractivity contribution is 5.81. The van der Waals surface area contributed by atoms with Crippen molar-refractivity contribution in [2.75, 3.05) is 6.54 Å². The number of carbonyl (C=O) groups excluding carboxylic acids is 1. The van der Waals surface area contributed by atoms with Gasteiger partial charge in [0.15, 0.2) is 0 Å². The Hall–Kier alpha value is -0.610. The van der Waals surface area contributed by atoms with Crippen molar-refractivity contribution in [1.29, 1.82) is 0 Å². The molecule has 0 aliphatic heterocycles. The van der Waals surface area contributed by atoms with Crippen LogP contribution >= 0.6 is 0 Å². The lowest BCUT2D eigenvalue weighted by atomic mass is 9.99. The highest BCUT2D eigenvalue weighted by atomic mass is 16.2. The van der Waals surface area contributed by atoms with Crippen LogP contribution in [0.15, 0.2) is 0 Å². The Bertz CT molecular complexity index is 216. The number of nitrogens with one attached hydrogen (secondary N) is 1. The van der Waals surface area contributed by atoms with E-state index in [9.17, 15) is 4.79 Å². The minimum atomic E-state index is -0.401. The van der Waals surface area contributed by atoms with Gasteiger partial charge in [-0.1, -0.05) is 20.3 Å². The van der Waals surface area contributed by atoms with Gasteiger partial charge in [0.1, 0.15) is 0 Å². The first-order chi connectivity index (χ1) is 7.06. The third-order valence-electron chi connectivity index (χ3n) is 3.30. The van der Waals surface area contributed by atoms with Crippen molar-refractivity contribution in [3.05, 3.63) is 0 Å². The van der Waals surface area contributed by atoms with Gasteiger partial charge in [-0.05, 0) is 24.7 Å². The largest absolute Gasteiger partial charge is 0.353 e. The van der Waals surface area contributed by atoms with Crippen molar-refractivity contribution in [3.8, 4) is 0 Å². The summed E-state index contributed by atoms with van der Waals surface area (Å²) in [6.45, 7) is 4.59. The summed E-state index contributed by atoms with van der Waals surface area (Å²) in [5.41, 5.74) is 11.7. The zero-order chi connectivity index (χ0) is 11.4. The van der Waals surface area contributed by atoms with E-state index in [0.717, 1.165) is 6.42 Å². The van der Waals surface area contributed by atoms with E-state index in [4.69, 9.17) is 11.5 Å². The molecule has 0 spiro atoms. The average Bonchev–Trinajstić information content (AvgIpc) is 3.06. The van der Waals surface area contributed by atoms with Gasteiger partial charge in [-0.2, -0.15) is 0 Å². The standard InChI is InChI=1S/C11H23N3O/c1-3-7(2)10(13)11(15)14-6-9(12)8-4-5-8/h7-10H,3-6,12-13H2,1-2H3,(H,14,15). The lowest BCUT2D eigenvalue weighted by Crippen LogP contribution is -2.48. The summed E-state index contributed by atoms with van der Waals surface area (Å²) in [4.78, 5) is 11.6. The van der Waals surface area contributed by atoms with Crippen molar-refractivity contribution in [3.63, 3.8) is 0 Å². The number of carbonyl (C=O) groups is 1. The van der Waals surface area contributed by atoms with Gasteiger partial charge >= 0.3 is 0 Å². The molecule has 0 aromatic carbocycles. The zero-order valence-electron chi connectivity index (χ0n) is 9.70. The molecular formula is C11H23N3O. The molecule has 1 saturated carbocycles. The highest BCUT2D eigenvalue weighted by Crippen LogP contribution is 2.31. The summed E-state index contributed by atoms with van der Waals surface area (Å²) < 4.78 is 0. The third-order valence-corrected chi connectivity index (χ3v) is 3.30. The fourth-order valence-corrected chi connectivity index (χ4v) is 1.54. The average molecular weight is 213 g/mol. The van der Waals surface area contributed by atoms with Gasteiger partial charge < -0.3 is 16.8 Å². The van der Waals surface area contributed by atoms with E-state index in [1.807, 2.05) is 13.8 Å². The fourth-order valence-electron chi connectivity index (χ4n) is 1.54. The molecule has 0 saturated heterocycles. The molecule has 1 aliphatic carbocycles. The topological polar surface area (TPSA) is 81.1 Å². The van der Waals surface area contributed by atoms with E-state index in [1.165, 1.54) is 12.8 Å². The molecule has 5 N–H and O–H groups in total. The molecule has 3 atom stereocenters. The first-order valence-corrected chi connectivity index (χ1v) is 5.85. The SMILES string of the molecule is CCC(C)C(N)C(=O)NCC(N)C1CC1. The summed E-state index contributed by atoms with van der Waals surface area (Å²) in [5.74, 6) is 0.771. The Balaban J connectivity index is 2.22. The van der Waals surface area contributed by atoms with Crippen LogP contribution in [0.3, 0.4) is 0 Å². The molecule has 1 rings (SSSR count). The fraction of sp³-hybridized carbons (Fsp3) is 0.909. The van der Waals surface area contributed by atoms with Crippen LogP contribution in [0.4, 0.5) is 0 Å². The van der Waals surface area contributed by atoms with Crippen molar-refractivity contribution in [1.82, 2.24) is 5.32 Å². The lowest BCUT2D eigenvalue weighted by Gasteiger charge is -2.19. The maximum atomic E-state index is 11.6. The molecule has 4 nitrogen and oxygen atoms in total. The molecule has 1 aliphatic rings. The second-order valence-electron chi connectivity index (χ2n) is 4.66. The predicted molar refractivity (Wildman–Crippen MR) is 61.1 cm³/mol. The summed E-state index contributed by atoms with van der Waals surface area (Å²) in [5, 5.41) is 2.83. The van der Waals surface area contributed by atoms with Gasteiger partial charge in [0.2, 0.25) is 5.91 Å². The second-order valence-corrected chi connectivity index (χ2v) is 4.66. The van der Waals surface area contributed by atoms with Crippen LogP contribution in [0.5, 0.6) is 0 Å². The van der Waals surface area contributed by atoms with E-state index in [0.29, 0.717) is 12.5 Å². The van der Waals surface area contributed by atoms with Crippen LogP contribution in [-0.4, -0.2) is 24.5 Å². The number of rotatable bonds is 6. The van der Waals surface area contributed by atoms with E-state index in [1.54, 1.807) is 0 Å². The van der Waals surface area contributed by atoms with Crippen LogP contribution in [0.1, 0.15) is 33.1 Å². The minimum Gasteiger partial charge on any atom is -0.353 e. The lowest BCUT2D eigenvalue weighted by molar-refractivity contribution is -0.123. The summed E-state index contributed by atoms with van der Waals surface area (Å²) in [6.07, 6.45) is 3.33. The van der Waals surface area contributed by atoms with Crippen LogP contribution in [0.25, 0.3) is 0 Å². The smallest absolute Gasteiger partial charge is 0.237 e. The second kappa shape index (κ2) is 5.47. The zero-order valence-corrected chi connectivity index (χ0v) is 9.70. The number of hydrogen-bond donors (Lipinski definition) is 3. The van der Waals surface area contributed by atoms with Crippen molar-refractivity contribution < 1.29 is 4.79 Å². The van der Waals surface area contributed by atoms with Crippen molar-refractivity contribution in [2.45, 2.75) is 45.2 Å². The quantitative estimate of drug-likeness (QED) is 0.590. The van der Waals surface area contributed by atoms with Crippen LogP contribution in [0.2, 0.25) is 0 Å². The van der Waals surface area contributed by atoms with E-state index in [-0.39, 0.29) is 17.9 Å². The third kappa shape index (κ3) is 3.80. The first-order valence-electron chi connectivity index (χ1n) is 5.85. The maximum Gasteiger partial charge on any atom is 0.237 e. The minimum absolute atomic E-state index is 0.0690. The summed E-state index contributed by atoms with van der Waals surface area (Å²) in [6, 6.07) is -0.292. The molecule has 0 heterocycles. The van der Waals surface area contributed by atoms with Gasteiger partial charge in [0.05, 0.1) is 6.04 Å². The Kier molecular flexibility index (Phi) is 4.54. The summed E-state index contributed by atoms with van der Waals surface area (Å²) >= 11 is 0. The van der Waals surface area contributed by atoms with Gasteiger partial charge in [0.25, 0.3) is 0 Å². The van der Waals surface area contributed by atoms with Crippen molar-refractivity contribution in [2.24, 2.45) is 23.3 Å². The molecule has 0 radical (unpaired) electrons. The Morgan fingerprint density at radius 1 is 1.47 bits per heavy atom. The molecule has 3 unspecified atom stereocenters. The van der Waals surface area contributed by atoms with E-state index < -0.39 is 6.04 Å². The first kappa shape index (κ1) is 12.5. The highest BCUT2D eigenvalue weighted by Gasteiger charge is 2.29. The Morgan fingerprint density at radius 3 is 2.53 bits per heavy atom. The molecule has 15 heavy (non-hydrogen) atoms. The molecule has 1 fully saturated rings. The van der Waals surface area contributed by atoms with Crippen LogP contribution < -0.4 is 16.8 Å².